The summed E-state index contributed by atoms with van der Waals surface area (Å²) in [5.41, 5.74) is 3.76. The molecule has 8 heteroatoms. The van der Waals surface area contributed by atoms with E-state index in [9.17, 15) is 4.79 Å². The zero-order chi connectivity index (χ0) is 19.3. The Labute approximate surface area is 161 Å². The van der Waals surface area contributed by atoms with Gasteiger partial charge in [-0.05, 0) is 19.1 Å². The van der Waals surface area contributed by atoms with E-state index < -0.39 is 0 Å². The SMILES string of the molecule is Cc1c(-c2ccccc2)n[nH]c1C(=O)NCCc1nc(-c2cccnc2)no1. The second kappa shape index (κ2) is 7.83. The summed E-state index contributed by atoms with van der Waals surface area (Å²) in [6.45, 7) is 2.24. The molecule has 0 aliphatic carbocycles. The van der Waals surface area contributed by atoms with Crippen molar-refractivity contribution in [3.8, 4) is 22.6 Å². The lowest BCUT2D eigenvalue weighted by molar-refractivity contribution is 0.0948. The molecular weight excluding hydrogens is 356 g/mol. The van der Waals surface area contributed by atoms with Crippen molar-refractivity contribution in [2.24, 2.45) is 0 Å². The Morgan fingerprint density at radius 2 is 1.96 bits per heavy atom. The highest BCUT2D eigenvalue weighted by molar-refractivity contribution is 5.95. The van der Waals surface area contributed by atoms with Crippen LogP contribution in [0.2, 0.25) is 0 Å². The number of nitrogens with zero attached hydrogens (tertiary/aromatic N) is 4. The van der Waals surface area contributed by atoms with E-state index in [4.69, 9.17) is 4.52 Å². The van der Waals surface area contributed by atoms with E-state index in [1.165, 1.54) is 0 Å². The van der Waals surface area contributed by atoms with Gasteiger partial charge in [0.05, 0.1) is 5.69 Å². The van der Waals surface area contributed by atoms with Gasteiger partial charge >= 0.3 is 0 Å². The molecule has 3 heterocycles. The molecule has 140 valence electrons. The molecule has 8 nitrogen and oxygen atoms in total. The molecule has 0 bridgehead atoms. The molecule has 0 aliphatic rings. The predicted octanol–water partition coefficient (Wildman–Crippen LogP) is 2.80. The number of hydrogen-bond donors (Lipinski definition) is 2. The molecule has 0 atom stereocenters. The normalized spacial score (nSPS) is 10.8. The summed E-state index contributed by atoms with van der Waals surface area (Å²) >= 11 is 0. The van der Waals surface area contributed by atoms with E-state index >= 15 is 0 Å². The van der Waals surface area contributed by atoms with E-state index in [0.717, 1.165) is 22.4 Å². The van der Waals surface area contributed by atoms with E-state index in [-0.39, 0.29) is 5.91 Å². The Morgan fingerprint density at radius 1 is 1.14 bits per heavy atom. The van der Waals surface area contributed by atoms with Crippen molar-refractivity contribution >= 4 is 5.91 Å². The number of hydrogen-bond acceptors (Lipinski definition) is 6. The van der Waals surface area contributed by atoms with Crippen molar-refractivity contribution in [3.05, 3.63) is 72.0 Å². The molecule has 28 heavy (non-hydrogen) atoms. The van der Waals surface area contributed by atoms with E-state index in [0.29, 0.717) is 30.4 Å². The van der Waals surface area contributed by atoms with Crippen LogP contribution in [0, 0.1) is 6.92 Å². The molecule has 0 fully saturated rings. The van der Waals surface area contributed by atoms with Gasteiger partial charge < -0.3 is 9.84 Å². The van der Waals surface area contributed by atoms with Gasteiger partial charge in [-0.1, -0.05) is 35.5 Å². The third-order valence-electron chi connectivity index (χ3n) is 4.30. The quantitative estimate of drug-likeness (QED) is 0.537. The van der Waals surface area contributed by atoms with Crippen LogP contribution in [0.3, 0.4) is 0 Å². The van der Waals surface area contributed by atoms with Gasteiger partial charge in [-0.25, -0.2) is 0 Å². The summed E-state index contributed by atoms with van der Waals surface area (Å²) in [4.78, 5) is 20.8. The summed E-state index contributed by atoms with van der Waals surface area (Å²) < 4.78 is 5.23. The van der Waals surface area contributed by atoms with Crippen LogP contribution in [-0.2, 0) is 6.42 Å². The standard InChI is InChI=1S/C20H18N6O2/c1-13-17(14-6-3-2-4-7-14)24-25-18(13)20(27)22-11-9-16-23-19(26-28-16)15-8-5-10-21-12-15/h2-8,10,12H,9,11H2,1H3,(H,22,27)(H,24,25). The second-order valence-corrected chi connectivity index (χ2v) is 6.20. The van der Waals surface area contributed by atoms with Crippen molar-refractivity contribution in [2.75, 3.05) is 6.54 Å². The Bertz CT molecular complexity index is 1070. The number of carbonyl (C=O) groups is 1. The number of benzene rings is 1. The molecule has 0 radical (unpaired) electrons. The van der Waals surface area contributed by atoms with Crippen LogP contribution < -0.4 is 5.32 Å². The van der Waals surface area contributed by atoms with Crippen LogP contribution >= 0.6 is 0 Å². The molecule has 4 aromatic rings. The molecule has 2 N–H and O–H groups in total. The first-order chi connectivity index (χ1) is 13.7. The van der Waals surface area contributed by atoms with Gasteiger partial charge in [0.25, 0.3) is 5.91 Å². The van der Waals surface area contributed by atoms with Crippen molar-refractivity contribution in [3.63, 3.8) is 0 Å². The van der Waals surface area contributed by atoms with E-state index in [2.05, 4.69) is 30.6 Å². The fourth-order valence-corrected chi connectivity index (χ4v) is 2.84. The highest BCUT2D eigenvalue weighted by Gasteiger charge is 2.17. The maximum absolute atomic E-state index is 12.5. The van der Waals surface area contributed by atoms with Crippen molar-refractivity contribution in [1.82, 2.24) is 30.6 Å². The van der Waals surface area contributed by atoms with Crippen LogP contribution in [0.1, 0.15) is 21.9 Å². The highest BCUT2D eigenvalue weighted by atomic mass is 16.5. The lowest BCUT2D eigenvalue weighted by Gasteiger charge is -2.03. The molecule has 0 aliphatic heterocycles. The van der Waals surface area contributed by atoms with Crippen LogP contribution in [0.15, 0.2) is 59.4 Å². The number of rotatable bonds is 6. The third kappa shape index (κ3) is 3.66. The average molecular weight is 374 g/mol. The number of pyridine rings is 1. The Balaban J connectivity index is 1.37. The number of carbonyl (C=O) groups excluding carboxylic acids is 1. The molecule has 0 saturated carbocycles. The number of amides is 1. The fourth-order valence-electron chi connectivity index (χ4n) is 2.84. The van der Waals surface area contributed by atoms with Gasteiger partial charge in [0, 0.05) is 42.0 Å². The van der Waals surface area contributed by atoms with Crippen molar-refractivity contribution < 1.29 is 9.32 Å². The number of aromatic nitrogens is 5. The highest BCUT2D eigenvalue weighted by Crippen LogP contribution is 2.22. The summed E-state index contributed by atoms with van der Waals surface area (Å²) in [6.07, 6.45) is 3.78. The number of H-pyrrole nitrogens is 1. The topological polar surface area (TPSA) is 110 Å². The molecule has 1 aromatic carbocycles. The minimum atomic E-state index is -0.223. The average Bonchev–Trinajstić information content (AvgIpc) is 3.36. The van der Waals surface area contributed by atoms with Crippen LogP contribution in [-0.4, -0.2) is 37.8 Å². The Morgan fingerprint density at radius 3 is 2.75 bits per heavy atom. The molecule has 0 unspecified atom stereocenters. The minimum absolute atomic E-state index is 0.223. The molecule has 1 amide bonds. The van der Waals surface area contributed by atoms with Crippen LogP contribution in [0.4, 0.5) is 0 Å². The van der Waals surface area contributed by atoms with Gasteiger partial charge in [0.1, 0.15) is 5.69 Å². The van der Waals surface area contributed by atoms with Gasteiger partial charge in [-0.3, -0.25) is 14.9 Å². The van der Waals surface area contributed by atoms with Crippen molar-refractivity contribution in [1.29, 1.82) is 0 Å². The second-order valence-electron chi connectivity index (χ2n) is 6.20. The van der Waals surface area contributed by atoms with Crippen LogP contribution in [0.25, 0.3) is 22.6 Å². The lowest BCUT2D eigenvalue weighted by atomic mass is 10.1. The van der Waals surface area contributed by atoms with Gasteiger partial charge in [0.15, 0.2) is 0 Å². The zero-order valence-electron chi connectivity index (χ0n) is 15.2. The smallest absolute Gasteiger partial charge is 0.269 e. The van der Waals surface area contributed by atoms with Gasteiger partial charge in [-0.2, -0.15) is 10.1 Å². The first-order valence-corrected chi connectivity index (χ1v) is 8.84. The summed E-state index contributed by atoms with van der Waals surface area (Å²) in [6, 6.07) is 13.4. The molecule has 0 saturated heterocycles. The summed E-state index contributed by atoms with van der Waals surface area (Å²) in [5.74, 6) is 0.705. The first kappa shape index (κ1) is 17.6. The van der Waals surface area contributed by atoms with E-state index in [1.807, 2.05) is 49.4 Å². The van der Waals surface area contributed by atoms with Gasteiger partial charge in [-0.15, -0.1) is 0 Å². The fraction of sp³-hybridized carbons (Fsp3) is 0.150. The lowest BCUT2D eigenvalue weighted by Crippen LogP contribution is -2.26. The first-order valence-electron chi connectivity index (χ1n) is 8.84. The maximum Gasteiger partial charge on any atom is 0.269 e. The summed E-state index contributed by atoms with van der Waals surface area (Å²) in [5, 5.41) is 13.9. The largest absolute Gasteiger partial charge is 0.350 e. The van der Waals surface area contributed by atoms with Gasteiger partial charge in [0.2, 0.25) is 11.7 Å². The molecule has 4 rings (SSSR count). The molecule has 0 spiro atoms. The minimum Gasteiger partial charge on any atom is -0.350 e. The molecular formula is C20H18N6O2. The summed E-state index contributed by atoms with van der Waals surface area (Å²) in [7, 11) is 0. The predicted molar refractivity (Wildman–Crippen MR) is 102 cm³/mol. The van der Waals surface area contributed by atoms with Crippen molar-refractivity contribution in [2.45, 2.75) is 13.3 Å². The van der Waals surface area contributed by atoms with Crippen LogP contribution in [0.5, 0.6) is 0 Å². The Hall–Kier alpha value is -3.81. The monoisotopic (exact) mass is 374 g/mol. The number of nitrogens with one attached hydrogen (secondary N) is 2. The maximum atomic E-state index is 12.5. The number of aromatic amines is 1. The third-order valence-corrected chi connectivity index (χ3v) is 4.30. The van der Waals surface area contributed by atoms with E-state index in [1.54, 1.807) is 12.4 Å². The molecule has 3 aromatic heterocycles. The Kier molecular flexibility index (Phi) is 4.92. The zero-order valence-corrected chi connectivity index (χ0v) is 15.2.